The number of rotatable bonds is 0. The van der Waals surface area contributed by atoms with Crippen LogP contribution in [0.5, 0.6) is 0 Å². The molecule has 0 atom stereocenters. The molecule has 2 aromatic rings. The van der Waals surface area contributed by atoms with Gasteiger partial charge < -0.3 is 0 Å². The van der Waals surface area contributed by atoms with Crippen LogP contribution in [-0.4, -0.2) is 0 Å². The van der Waals surface area contributed by atoms with Gasteiger partial charge in [-0.25, -0.2) is 0 Å². The van der Waals surface area contributed by atoms with Gasteiger partial charge in [-0.15, -0.1) is 48.0 Å². The summed E-state index contributed by atoms with van der Waals surface area (Å²) >= 11 is 0. The molecule has 15 heavy (non-hydrogen) atoms. The summed E-state index contributed by atoms with van der Waals surface area (Å²) in [5.41, 5.74) is 5.75. The third-order valence-corrected chi connectivity index (χ3v) is 2.71. The van der Waals surface area contributed by atoms with Gasteiger partial charge in [-0.3, -0.25) is 0 Å². The molecule has 0 aromatic heterocycles. The van der Waals surface area contributed by atoms with Crippen LogP contribution in [0.2, 0.25) is 0 Å². The second-order valence-corrected chi connectivity index (χ2v) is 3.49. The van der Waals surface area contributed by atoms with E-state index in [1.807, 2.05) is 0 Å². The minimum Gasteiger partial charge on any atom is -0.107 e. The molecule has 0 radical (unpaired) electrons. The maximum absolute atomic E-state index is 2.22. The minimum absolute atomic E-state index is 0. The summed E-state index contributed by atoms with van der Waals surface area (Å²) in [6.07, 6.45) is 1.10. The Labute approximate surface area is 124 Å². The summed E-state index contributed by atoms with van der Waals surface area (Å²) in [6, 6.07) is 17.3. The summed E-state index contributed by atoms with van der Waals surface area (Å²) in [5.74, 6) is 0. The molecule has 3 rings (SSSR count). The van der Waals surface area contributed by atoms with Crippen molar-refractivity contribution in [2.24, 2.45) is 0 Å². The summed E-state index contributed by atoms with van der Waals surface area (Å²) in [7, 11) is 0. The summed E-state index contributed by atoms with van der Waals surface area (Å²) in [4.78, 5) is 0. The number of halogens is 2. The standard InChI is InChI=1S/C13H10.2HI/c1-3-7-12-10(5-1)9-11-6-2-4-8-13(11)12;;/h1-8H,9H2;2*1H. The van der Waals surface area contributed by atoms with E-state index in [-0.39, 0.29) is 48.0 Å². The molecule has 0 fully saturated rings. The van der Waals surface area contributed by atoms with Crippen molar-refractivity contribution in [2.75, 3.05) is 0 Å². The van der Waals surface area contributed by atoms with Gasteiger partial charge in [-0.2, -0.15) is 0 Å². The lowest BCUT2D eigenvalue weighted by Crippen LogP contribution is -1.77. The first-order chi connectivity index (χ1) is 6.45. The molecule has 78 valence electrons. The van der Waals surface area contributed by atoms with Gasteiger partial charge in [-0.1, -0.05) is 48.5 Å². The first-order valence-electron chi connectivity index (χ1n) is 4.61. The van der Waals surface area contributed by atoms with Crippen LogP contribution in [-0.2, 0) is 6.42 Å². The van der Waals surface area contributed by atoms with Crippen molar-refractivity contribution >= 4 is 48.0 Å². The fraction of sp³-hybridized carbons (Fsp3) is 0.0769. The highest BCUT2D eigenvalue weighted by Gasteiger charge is 2.15. The maximum atomic E-state index is 2.22. The first-order valence-corrected chi connectivity index (χ1v) is 4.61. The quantitative estimate of drug-likeness (QED) is 0.469. The molecule has 0 heterocycles. The molecule has 2 aromatic carbocycles. The monoisotopic (exact) mass is 422 g/mol. The molecule has 1 aliphatic rings. The van der Waals surface area contributed by atoms with Crippen LogP contribution in [0.1, 0.15) is 11.1 Å². The Balaban J connectivity index is 0.000000562. The van der Waals surface area contributed by atoms with Gasteiger partial charge in [0.05, 0.1) is 0 Å². The minimum atomic E-state index is 0. The lowest BCUT2D eigenvalue weighted by atomic mass is 10.1. The molecule has 0 unspecified atom stereocenters. The number of benzene rings is 2. The largest absolute Gasteiger partial charge is 0.107 e. The zero-order valence-electron chi connectivity index (χ0n) is 8.14. The van der Waals surface area contributed by atoms with Gasteiger partial charge in [0.2, 0.25) is 0 Å². The summed E-state index contributed by atoms with van der Waals surface area (Å²) in [6.45, 7) is 0. The predicted molar refractivity (Wildman–Crippen MR) is 85.5 cm³/mol. The van der Waals surface area contributed by atoms with Crippen molar-refractivity contribution in [1.82, 2.24) is 0 Å². The fourth-order valence-corrected chi connectivity index (χ4v) is 2.08. The highest BCUT2D eigenvalue weighted by atomic mass is 127. The molecular formula is C13H12I2. The van der Waals surface area contributed by atoms with Crippen LogP contribution in [0.15, 0.2) is 48.5 Å². The van der Waals surface area contributed by atoms with Crippen molar-refractivity contribution in [1.29, 1.82) is 0 Å². The van der Waals surface area contributed by atoms with Gasteiger partial charge in [0.25, 0.3) is 0 Å². The second-order valence-electron chi connectivity index (χ2n) is 3.49. The molecule has 0 bridgehead atoms. The molecule has 0 aliphatic heterocycles. The number of hydrogen-bond acceptors (Lipinski definition) is 0. The normalized spacial score (nSPS) is 10.7. The van der Waals surface area contributed by atoms with Crippen molar-refractivity contribution in [3.8, 4) is 11.1 Å². The van der Waals surface area contributed by atoms with Gasteiger partial charge >= 0.3 is 0 Å². The molecule has 0 saturated carbocycles. The predicted octanol–water partition coefficient (Wildman–Crippen LogP) is 4.49. The van der Waals surface area contributed by atoms with Gasteiger partial charge in [-0.05, 0) is 28.7 Å². The van der Waals surface area contributed by atoms with E-state index < -0.39 is 0 Å². The zero-order chi connectivity index (χ0) is 8.67. The lowest BCUT2D eigenvalue weighted by Gasteiger charge is -1.98. The van der Waals surface area contributed by atoms with Gasteiger partial charge in [0.15, 0.2) is 0 Å². The van der Waals surface area contributed by atoms with E-state index in [1.54, 1.807) is 0 Å². The van der Waals surface area contributed by atoms with Gasteiger partial charge in [0.1, 0.15) is 0 Å². The zero-order valence-corrected chi connectivity index (χ0v) is 12.8. The molecule has 0 amide bonds. The molecular weight excluding hydrogens is 410 g/mol. The van der Waals surface area contributed by atoms with Gasteiger partial charge in [0, 0.05) is 0 Å². The van der Waals surface area contributed by atoms with Crippen LogP contribution in [0.25, 0.3) is 11.1 Å². The Hall–Kier alpha value is -0.1000. The average Bonchev–Trinajstić information content (AvgIpc) is 2.56. The van der Waals surface area contributed by atoms with Crippen LogP contribution in [0.4, 0.5) is 0 Å². The topological polar surface area (TPSA) is 0 Å². The fourth-order valence-electron chi connectivity index (χ4n) is 2.08. The highest BCUT2D eigenvalue weighted by Crippen LogP contribution is 2.35. The third kappa shape index (κ3) is 2.20. The maximum Gasteiger partial charge on any atom is -0.00135 e. The lowest BCUT2D eigenvalue weighted by molar-refractivity contribution is 1.26. The van der Waals surface area contributed by atoms with Crippen molar-refractivity contribution in [3.05, 3.63) is 59.7 Å². The van der Waals surface area contributed by atoms with Crippen molar-refractivity contribution in [2.45, 2.75) is 6.42 Å². The van der Waals surface area contributed by atoms with E-state index in [4.69, 9.17) is 0 Å². The number of fused-ring (bicyclic) bond motifs is 3. The SMILES string of the molecule is I.I.c1ccc2c(c1)Cc1ccccc1-2. The van der Waals surface area contributed by atoms with E-state index in [1.165, 1.54) is 22.3 Å². The Kier molecular flexibility index (Phi) is 4.58. The van der Waals surface area contributed by atoms with E-state index >= 15 is 0 Å². The molecule has 2 heteroatoms. The van der Waals surface area contributed by atoms with Crippen LogP contribution in [0, 0.1) is 0 Å². The van der Waals surface area contributed by atoms with Crippen molar-refractivity contribution in [3.63, 3.8) is 0 Å². The first kappa shape index (κ1) is 13.0. The van der Waals surface area contributed by atoms with E-state index in [2.05, 4.69) is 48.5 Å². The van der Waals surface area contributed by atoms with Crippen LogP contribution < -0.4 is 0 Å². The Bertz CT molecular complexity index is 420. The molecule has 0 saturated heterocycles. The Morgan fingerprint density at radius 3 is 1.47 bits per heavy atom. The summed E-state index contributed by atoms with van der Waals surface area (Å²) in [5, 5.41) is 0. The third-order valence-electron chi connectivity index (χ3n) is 2.71. The second kappa shape index (κ2) is 5.30. The smallest absolute Gasteiger partial charge is 0.00135 e. The van der Waals surface area contributed by atoms with E-state index in [0.717, 1.165) is 6.42 Å². The highest BCUT2D eigenvalue weighted by molar-refractivity contribution is 14.0. The van der Waals surface area contributed by atoms with E-state index in [0.29, 0.717) is 0 Å². The molecule has 0 nitrogen and oxygen atoms in total. The Morgan fingerprint density at radius 2 is 1.00 bits per heavy atom. The molecule has 0 N–H and O–H groups in total. The summed E-state index contributed by atoms with van der Waals surface area (Å²) < 4.78 is 0. The van der Waals surface area contributed by atoms with Crippen LogP contribution >= 0.6 is 48.0 Å². The number of hydrogen-bond donors (Lipinski definition) is 0. The van der Waals surface area contributed by atoms with Crippen LogP contribution in [0.3, 0.4) is 0 Å². The average molecular weight is 422 g/mol. The van der Waals surface area contributed by atoms with E-state index in [9.17, 15) is 0 Å². The Morgan fingerprint density at radius 1 is 0.600 bits per heavy atom. The molecule has 1 aliphatic carbocycles. The molecule has 0 spiro atoms. The van der Waals surface area contributed by atoms with Crippen molar-refractivity contribution < 1.29 is 0 Å².